The first kappa shape index (κ1) is 14.4. The summed E-state index contributed by atoms with van der Waals surface area (Å²) in [5.74, 6) is -3.92. The minimum Gasteiger partial charge on any atom is -0.480 e. The molecule has 4 nitrogen and oxygen atoms in total. The van der Waals surface area contributed by atoms with Crippen LogP contribution in [0.5, 0.6) is 0 Å². The van der Waals surface area contributed by atoms with Gasteiger partial charge in [0.2, 0.25) is 0 Å². The number of aliphatic carboxylic acids is 1. The van der Waals surface area contributed by atoms with E-state index in [0.29, 0.717) is 18.9 Å². The van der Waals surface area contributed by atoms with Crippen LogP contribution in [0.1, 0.15) is 35.7 Å². The molecular weight excluding hydrogens is 268 g/mol. The SMILES string of the molecule is Cc1cc(C(=O)NC(C)(C(=O)O)C2CC2)c(F)cc1F. The molecule has 0 heterocycles. The van der Waals surface area contributed by atoms with Crippen LogP contribution < -0.4 is 5.32 Å². The average Bonchev–Trinajstić information content (AvgIpc) is 3.17. The lowest BCUT2D eigenvalue weighted by Crippen LogP contribution is -2.54. The topological polar surface area (TPSA) is 66.4 Å². The van der Waals surface area contributed by atoms with Crippen LogP contribution in [0.15, 0.2) is 12.1 Å². The second kappa shape index (κ2) is 4.85. The molecule has 6 heteroatoms. The monoisotopic (exact) mass is 283 g/mol. The highest BCUT2D eigenvalue weighted by Gasteiger charge is 2.48. The molecule has 0 bridgehead atoms. The van der Waals surface area contributed by atoms with Crippen LogP contribution in [0, 0.1) is 24.5 Å². The quantitative estimate of drug-likeness (QED) is 0.890. The van der Waals surface area contributed by atoms with Crippen LogP contribution >= 0.6 is 0 Å². The number of rotatable bonds is 4. The Kier molecular flexibility index (Phi) is 3.50. The molecule has 2 N–H and O–H groups in total. The van der Waals surface area contributed by atoms with Crippen LogP contribution in [0.25, 0.3) is 0 Å². The Labute approximate surface area is 114 Å². The number of hydrogen-bond acceptors (Lipinski definition) is 2. The zero-order chi connectivity index (χ0) is 15.1. The minimum atomic E-state index is -1.42. The van der Waals surface area contributed by atoms with Crippen molar-refractivity contribution in [3.05, 3.63) is 34.9 Å². The Morgan fingerprint density at radius 1 is 1.30 bits per heavy atom. The lowest BCUT2D eigenvalue weighted by Gasteiger charge is -2.26. The van der Waals surface area contributed by atoms with Crippen LogP contribution in [0.2, 0.25) is 0 Å². The number of hydrogen-bond donors (Lipinski definition) is 2. The summed E-state index contributed by atoms with van der Waals surface area (Å²) >= 11 is 0. The summed E-state index contributed by atoms with van der Waals surface area (Å²) in [6.45, 7) is 2.81. The number of nitrogens with one attached hydrogen (secondary N) is 1. The maximum Gasteiger partial charge on any atom is 0.329 e. The van der Waals surface area contributed by atoms with Crippen molar-refractivity contribution in [1.29, 1.82) is 0 Å². The number of carbonyl (C=O) groups is 2. The molecule has 0 spiro atoms. The minimum absolute atomic E-state index is 0.125. The standard InChI is InChI=1S/C14H15F2NO3/c1-7-5-9(11(16)6-10(7)15)12(18)17-14(2,13(19)20)8-3-4-8/h5-6,8H,3-4H2,1-2H3,(H,17,18)(H,19,20). The van der Waals surface area contributed by atoms with Gasteiger partial charge in [0.25, 0.3) is 5.91 Å². The Hall–Kier alpha value is -1.98. The molecule has 0 saturated heterocycles. The van der Waals surface area contributed by atoms with Gasteiger partial charge in [-0.2, -0.15) is 0 Å². The molecule has 2 rings (SSSR count). The van der Waals surface area contributed by atoms with E-state index in [9.17, 15) is 23.5 Å². The molecule has 1 aromatic rings. The van der Waals surface area contributed by atoms with Gasteiger partial charge in [0.1, 0.15) is 17.2 Å². The molecule has 0 aliphatic heterocycles. The van der Waals surface area contributed by atoms with Crippen molar-refractivity contribution in [2.24, 2.45) is 5.92 Å². The van der Waals surface area contributed by atoms with E-state index in [1.54, 1.807) is 0 Å². The van der Waals surface area contributed by atoms with Gasteiger partial charge in [-0.3, -0.25) is 4.79 Å². The Balaban J connectivity index is 2.28. The second-order valence-corrected chi connectivity index (χ2v) is 5.32. The first-order chi connectivity index (χ1) is 9.25. The van der Waals surface area contributed by atoms with Crippen molar-refractivity contribution >= 4 is 11.9 Å². The molecule has 1 unspecified atom stereocenters. The summed E-state index contributed by atoms with van der Waals surface area (Å²) in [4.78, 5) is 23.4. The number of carboxylic acid groups (broad SMARTS) is 1. The van der Waals surface area contributed by atoms with Crippen LogP contribution in [0.4, 0.5) is 8.78 Å². The van der Waals surface area contributed by atoms with Gasteiger partial charge in [-0.15, -0.1) is 0 Å². The van der Waals surface area contributed by atoms with Gasteiger partial charge in [-0.05, 0) is 44.2 Å². The largest absolute Gasteiger partial charge is 0.480 e. The van der Waals surface area contributed by atoms with E-state index < -0.39 is 29.0 Å². The Morgan fingerprint density at radius 2 is 1.90 bits per heavy atom. The summed E-state index contributed by atoms with van der Waals surface area (Å²) in [5, 5.41) is 11.6. The number of aryl methyl sites for hydroxylation is 1. The second-order valence-electron chi connectivity index (χ2n) is 5.32. The fraction of sp³-hybridized carbons (Fsp3) is 0.429. The van der Waals surface area contributed by atoms with Gasteiger partial charge in [-0.25, -0.2) is 13.6 Å². The zero-order valence-corrected chi connectivity index (χ0v) is 11.2. The lowest BCUT2D eigenvalue weighted by atomic mass is 9.95. The van der Waals surface area contributed by atoms with E-state index in [1.807, 2.05) is 0 Å². The average molecular weight is 283 g/mol. The van der Waals surface area contributed by atoms with Crippen molar-refractivity contribution in [2.45, 2.75) is 32.2 Å². The summed E-state index contributed by atoms with van der Waals surface area (Å²) in [7, 11) is 0. The normalized spacial score (nSPS) is 17.4. The van der Waals surface area contributed by atoms with Gasteiger partial charge >= 0.3 is 5.97 Å². The van der Waals surface area contributed by atoms with Gasteiger partial charge in [0.15, 0.2) is 0 Å². The molecule has 1 aliphatic carbocycles. The first-order valence-corrected chi connectivity index (χ1v) is 6.27. The molecule has 1 aliphatic rings. The van der Waals surface area contributed by atoms with Gasteiger partial charge in [0.05, 0.1) is 5.56 Å². The van der Waals surface area contributed by atoms with E-state index >= 15 is 0 Å². The number of halogens is 2. The van der Waals surface area contributed by atoms with Gasteiger partial charge < -0.3 is 10.4 Å². The van der Waals surface area contributed by atoms with Crippen molar-refractivity contribution in [2.75, 3.05) is 0 Å². The highest BCUT2D eigenvalue weighted by atomic mass is 19.1. The third-order valence-corrected chi connectivity index (χ3v) is 3.70. The van der Waals surface area contributed by atoms with Crippen LogP contribution in [0.3, 0.4) is 0 Å². The zero-order valence-electron chi connectivity index (χ0n) is 11.2. The molecular formula is C14H15F2NO3. The van der Waals surface area contributed by atoms with Gasteiger partial charge in [-0.1, -0.05) is 0 Å². The lowest BCUT2D eigenvalue weighted by molar-refractivity contribution is -0.144. The number of benzene rings is 1. The first-order valence-electron chi connectivity index (χ1n) is 6.27. The predicted molar refractivity (Wildman–Crippen MR) is 67.3 cm³/mol. The molecule has 20 heavy (non-hydrogen) atoms. The number of carbonyl (C=O) groups excluding carboxylic acids is 1. The van der Waals surface area contributed by atoms with Crippen molar-refractivity contribution in [3.8, 4) is 0 Å². The molecule has 108 valence electrons. The fourth-order valence-corrected chi connectivity index (χ4v) is 2.13. The van der Waals surface area contributed by atoms with Crippen molar-refractivity contribution < 1.29 is 23.5 Å². The maximum atomic E-state index is 13.6. The molecule has 0 radical (unpaired) electrons. The van der Waals surface area contributed by atoms with Crippen molar-refractivity contribution in [3.63, 3.8) is 0 Å². The molecule has 1 saturated carbocycles. The smallest absolute Gasteiger partial charge is 0.329 e. The summed E-state index contributed by atoms with van der Waals surface area (Å²) in [6, 6.07) is 1.70. The molecule has 1 amide bonds. The predicted octanol–water partition coefficient (Wildman–Crippen LogP) is 2.26. The van der Waals surface area contributed by atoms with Crippen LogP contribution in [-0.4, -0.2) is 22.5 Å². The summed E-state index contributed by atoms with van der Waals surface area (Å²) < 4.78 is 26.8. The molecule has 1 atom stereocenters. The highest BCUT2D eigenvalue weighted by molar-refractivity contribution is 5.98. The number of carboxylic acids is 1. The van der Waals surface area contributed by atoms with E-state index in [4.69, 9.17) is 0 Å². The summed E-state index contributed by atoms with van der Waals surface area (Å²) in [6.07, 6.45) is 1.40. The van der Waals surface area contributed by atoms with E-state index in [2.05, 4.69) is 5.32 Å². The maximum absolute atomic E-state index is 13.6. The third-order valence-electron chi connectivity index (χ3n) is 3.70. The molecule has 0 aromatic heterocycles. The number of amides is 1. The highest BCUT2D eigenvalue weighted by Crippen LogP contribution is 2.40. The van der Waals surface area contributed by atoms with Crippen molar-refractivity contribution in [1.82, 2.24) is 5.32 Å². The Morgan fingerprint density at radius 3 is 2.40 bits per heavy atom. The van der Waals surface area contributed by atoms with Crippen LogP contribution in [-0.2, 0) is 4.79 Å². The van der Waals surface area contributed by atoms with E-state index in [1.165, 1.54) is 13.8 Å². The third kappa shape index (κ3) is 2.50. The Bertz CT molecular complexity index is 584. The van der Waals surface area contributed by atoms with E-state index in [0.717, 1.165) is 6.07 Å². The fourth-order valence-electron chi connectivity index (χ4n) is 2.13. The summed E-state index contributed by atoms with van der Waals surface area (Å²) in [5.41, 5.74) is -1.65. The molecule has 1 aromatic carbocycles. The van der Waals surface area contributed by atoms with Gasteiger partial charge in [0, 0.05) is 6.07 Å². The van der Waals surface area contributed by atoms with E-state index in [-0.39, 0.29) is 17.0 Å². The molecule has 1 fully saturated rings.